The van der Waals surface area contributed by atoms with Gasteiger partial charge in [-0.25, -0.2) is 10.2 Å². The van der Waals surface area contributed by atoms with E-state index in [0.717, 1.165) is 25.7 Å². The van der Waals surface area contributed by atoms with Crippen LogP contribution in [0.5, 0.6) is 0 Å². The van der Waals surface area contributed by atoms with Crippen molar-refractivity contribution in [1.29, 1.82) is 0 Å². The Bertz CT molecular complexity index is 806. The number of rotatable bonds is 2. The molecular weight excluding hydrogens is 360 g/mol. The van der Waals surface area contributed by atoms with Crippen LogP contribution in [0.4, 0.5) is 4.79 Å². The molecule has 27 heavy (non-hydrogen) atoms. The van der Waals surface area contributed by atoms with Gasteiger partial charge < -0.3 is 9.47 Å². The molecule has 0 saturated carbocycles. The number of carbonyl (C=O) groups is 2. The summed E-state index contributed by atoms with van der Waals surface area (Å²) in [4.78, 5) is 28.5. The van der Waals surface area contributed by atoms with Crippen LogP contribution in [0.2, 0.25) is 0 Å². The van der Waals surface area contributed by atoms with Gasteiger partial charge in [-0.05, 0) is 61.8 Å². The molecule has 0 spiro atoms. The van der Waals surface area contributed by atoms with E-state index in [0.29, 0.717) is 29.9 Å². The number of nitrogens with one attached hydrogen (secondary N) is 2. The number of aryl methyl sites for hydroxylation is 1. The van der Waals surface area contributed by atoms with Gasteiger partial charge in [0.2, 0.25) is 0 Å². The Hall–Kier alpha value is -2.28. The van der Waals surface area contributed by atoms with Gasteiger partial charge in [-0.1, -0.05) is 6.92 Å². The van der Waals surface area contributed by atoms with Crippen LogP contribution < -0.4 is 10.9 Å². The van der Waals surface area contributed by atoms with Crippen LogP contribution in [0.1, 0.15) is 52.3 Å². The minimum absolute atomic E-state index is 0.224. The topological polar surface area (TPSA) is 66.4 Å². The fourth-order valence-electron chi connectivity index (χ4n) is 4.03. The normalized spacial score (nSPS) is 20.2. The van der Waals surface area contributed by atoms with Gasteiger partial charge in [-0.3, -0.25) is 10.2 Å². The highest BCUT2D eigenvalue weighted by Crippen LogP contribution is 2.32. The van der Waals surface area contributed by atoms with Crippen molar-refractivity contribution < 1.29 is 9.59 Å². The van der Waals surface area contributed by atoms with E-state index in [2.05, 4.69) is 34.7 Å². The molecule has 0 bridgehead atoms. The lowest BCUT2D eigenvalue weighted by atomic mass is 9.90. The average molecular weight is 387 g/mol. The summed E-state index contributed by atoms with van der Waals surface area (Å²) in [5.74, 6) is 0.454. The molecule has 1 fully saturated rings. The molecule has 3 amide bonds. The third kappa shape index (κ3) is 4.03. The van der Waals surface area contributed by atoms with E-state index in [4.69, 9.17) is 0 Å². The zero-order valence-corrected chi connectivity index (χ0v) is 16.4. The SMILES string of the molecule is CC1CCc2sc(C(=O)NNC(=O)N3CCC(n4cccc4)CC3)cc2C1. The first kappa shape index (κ1) is 18.1. The molecule has 3 heterocycles. The van der Waals surface area contributed by atoms with Gasteiger partial charge in [-0.2, -0.15) is 0 Å². The first-order valence-electron chi connectivity index (χ1n) is 9.69. The lowest BCUT2D eigenvalue weighted by Gasteiger charge is -2.32. The van der Waals surface area contributed by atoms with Crippen molar-refractivity contribution in [1.82, 2.24) is 20.3 Å². The lowest BCUT2D eigenvalue weighted by molar-refractivity contribution is 0.0930. The summed E-state index contributed by atoms with van der Waals surface area (Å²) in [5.41, 5.74) is 6.45. The number of amides is 3. The number of hydrazine groups is 1. The van der Waals surface area contributed by atoms with E-state index >= 15 is 0 Å². The van der Waals surface area contributed by atoms with E-state index in [1.54, 1.807) is 16.2 Å². The Labute approximate surface area is 163 Å². The molecule has 1 saturated heterocycles. The number of aromatic nitrogens is 1. The van der Waals surface area contributed by atoms with Gasteiger partial charge in [0, 0.05) is 36.4 Å². The van der Waals surface area contributed by atoms with Crippen LogP contribution in [0.25, 0.3) is 0 Å². The molecule has 0 radical (unpaired) electrons. The second-order valence-corrected chi connectivity index (χ2v) is 8.78. The zero-order chi connectivity index (χ0) is 18.8. The number of hydrogen-bond acceptors (Lipinski definition) is 3. The summed E-state index contributed by atoms with van der Waals surface area (Å²) >= 11 is 1.55. The van der Waals surface area contributed by atoms with Crippen molar-refractivity contribution in [3.05, 3.63) is 45.9 Å². The number of hydrogen-bond donors (Lipinski definition) is 2. The Kier molecular flexibility index (Phi) is 5.20. The number of carbonyl (C=O) groups excluding carboxylic acids is 2. The Morgan fingerprint density at radius 1 is 1.11 bits per heavy atom. The minimum Gasteiger partial charge on any atom is -0.351 e. The average Bonchev–Trinajstić information content (AvgIpc) is 3.35. The predicted octanol–water partition coefficient (Wildman–Crippen LogP) is 3.37. The van der Waals surface area contributed by atoms with Crippen molar-refractivity contribution in [2.45, 2.75) is 45.1 Å². The highest BCUT2D eigenvalue weighted by Gasteiger charge is 2.24. The van der Waals surface area contributed by atoms with Crippen molar-refractivity contribution in [3.63, 3.8) is 0 Å². The van der Waals surface area contributed by atoms with E-state index in [1.165, 1.54) is 16.9 Å². The number of thiophene rings is 1. The number of fused-ring (bicyclic) bond motifs is 1. The smallest absolute Gasteiger partial charge is 0.336 e. The van der Waals surface area contributed by atoms with Crippen molar-refractivity contribution >= 4 is 23.3 Å². The summed E-state index contributed by atoms with van der Waals surface area (Å²) < 4.78 is 2.20. The quantitative estimate of drug-likeness (QED) is 0.777. The minimum atomic E-state index is -0.232. The van der Waals surface area contributed by atoms with Crippen LogP contribution in [0.15, 0.2) is 30.6 Å². The summed E-state index contributed by atoms with van der Waals surface area (Å²) in [5, 5.41) is 0. The second-order valence-electron chi connectivity index (χ2n) is 7.64. The Morgan fingerprint density at radius 2 is 1.85 bits per heavy atom. The zero-order valence-electron chi connectivity index (χ0n) is 15.6. The molecule has 144 valence electrons. The standard InChI is InChI=1S/C20H26N4O2S/c1-14-4-5-17-15(12-14)13-18(27-17)19(25)21-22-20(26)24-10-6-16(7-11-24)23-8-2-3-9-23/h2-3,8-9,13-14,16H,4-7,10-12H2,1H3,(H,21,25)(H,22,26). The number of urea groups is 1. The van der Waals surface area contributed by atoms with Gasteiger partial charge in [0.05, 0.1) is 4.88 Å². The van der Waals surface area contributed by atoms with Crippen LogP contribution in [-0.2, 0) is 12.8 Å². The molecule has 4 rings (SSSR count). The molecule has 2 aromatic heterocycles. The molecule has 0 aromatic carbocycles. The first-order chi connectivity index (χ1) is 13.1. The molecule has 2 aromatic rings. The lowest BCUT2D eigenvalue weighted by Crippen LogP contribution is -2.50. The van der Waals surface area contributed by atoms with Crippen molar-refractivity contribution in [3.8, 4) is 0 Å². The highest BCUT2D eigenvalue weighted by atomic mass is 32.1. The Morgan fingerprint density at radius 3 is 2.59 bits per heavy atom. The van der Waals surface area contributed by atoms with Crippen LogP contribution in [0, 0.1) is 5.92 Å². The third-order valence-corrected chi connectivity index (χ3v) is 6.87. The van der Waals surface area contributed by atoms with Gasteiger partial charge in [0.15, 0.2) is 0 Å². The molecule has 7 heteroatoms. The largest absolute Gasteiger partial charge is 0.351 e. The number of nitrogens with zero attached hydrogens (tertiary/aromatic N) is 2. The third-order valence-electron chi connectivity index (χ3n) is 5.64. The van der Waals surface area contributed by atoms with Crippen LogP contribution >= 0.6 is 11.3 Å². The van der Waals surface area contributed by atoms with E-state index in [9.17, 15) is 9.59 Å². The maximum Gasteiger partial charge on any atom is 0.336 e. The molecule has 1 atom stereocenters. The van der Waals surface area contributed by atoms with Crippen molar-refractivity contribution in [2.24, 2.45) is 5.92 Å². The summed E-state index contributed by atoms with van der Waals surface area (Å²) in [7, 11) is 0. The van der Waals surface area contributed by atoms with E-state index < -0.39 is 0 Å². The summed E-state index contributed by atoms with van der Waals surface area (Å²) in [6.45, 7) is 3.63. The van der Waals surface area contributed by atoms with E-state index in [-0.39, 0.29) is 11.9 Å². The van der Waals surface area contributed by atoms with E-state index in [1.807, 2.05) is 18.2 Å². The number of likely N-dealkylation sites (tertiary alicyclic amines) is 1. The summed E-state index contributed by atoms with van der Waals surface area (Å²) in [6.07, 6.45) is 9.27. The molecule has 2 N–H and O–H groups in total. The van der Waals surface area contributed by atoms with Crippen LogP contribution in [0.3, 0.4) is 0 Å². The molecule has 1 unspecified atom stereocenters. The second kappa shape index (κ2) is 7.76. The van der Waals surface area contributed by atoms with Crippen molar-refractivity contribution in [2.75, 3.05) is 13.1 Å². The molecule has 1 aliphatic heterocycles. The molecule has 2 aliphatic rings. The fraction of sp³-hybridized carbons (Fsp3) is 0.500. The van der Waals surface area contributed by atoms with Crippen LogP contribution in [-0.4, -0.2) is 34.5 Å². The predicted molar refractivity (Wildman–Crippen MR) is 106 cm³/mol. The van der Waals surface area contributed by atoms with Gasteiger partial charge in [0.25, 0.3) is 5.91 Å². The molecule has 6 nitrogen and oxygen atoms in total. The first-order valence-corrected chi connectivity index (χ1v) is 10.5. The van der Waals surface area contributed by atoms with Gasteiger partial charge >= 0.3 is 6.03 Å². The Balaban J connectivity index is 1.26. The molecular formula is C20H26N4O2S. The monoisotopic (exact) mass is 386 g/mol. The number of piperidine rings is 1. The maximum absolute atomic E-state index is 12.4. The highest BCUT2D eigenvalue weighted by molar-refractivity contribution is 7.14. The maximum atomic E-state index is 12.4. The summed E-state index contributed by atoms with van der Waals surface area (Å²) in [6, 6.07) is 6.25. The van der Waals surface area contributed by atoms with Gasteiger partial charge in [-0.15, -0.1) is 11.3 Å². The molecule has 1 aliphatic carbocycles. The van der Waals surface area contributed by atoms with Gasteiger partial charge in [0.1, 0.15) is 0 Å². The fourth-order valence-corrected chi connectivity index (χ4v) is 5.13.